The summed E-state index contributed by atoms with van der Waals surface area (Å²) in [7, 11) is 0. The molecule has 1 aromatic rings. The van der Waals surface area contributed by atoms with Crippen molar-refractivity contribution in [3.63, 3.8) is 0 Å². The summed E-state index contributed by atoms with van der Waals surface area (Å²) >= 11 is 0. The molecule has 0 saturated heterocycles. The van der Waals surface area contributed by atoms with Crippen LogP contribution in [0.4, 0.5) is 8.78 Å². The Balaban J connectivity index is 2.77. The highest BCUT2D eigenvalue weighted by molar-refractivity contribution is 5.66. The third kappa shape index (κ3) is 4.07. The van der Waals surface area contributed by atoms with Crippen LogP contribution in [0.3, 0.4) is 0 Å². The highest BCUT2D eigenvalue weighted by atomic mass is 19.2. The minimum Gasteiger partial charge on any atom is -0.481 e. The number of carboxylic acid groups (broad SMARTS) is 1. The van der Waals surface area contributed by atoms with Crippen molar-refractivity contribution in [1.82, 2.24) is 4.90 Å². The Bertz CT molecular complexity index is 421. The van der Waals surface area contributed by atoms with Crippen LogP contribution in [0.15, 0.2) is 18.2 Å². The lowest BCUT2D eigenvalue weighted by Gasteiger charge is -2.26. The van der Waals surface area contributed by atoms with Gasteiger partial charge in [-0.3, -0.25) is 9.69 Å². The van der Waals surface area contributed by atoms with E-state index in [9.17, 15) is 13.6 Å². The summed E-state index contributed by atoms with van der Waals surface area (Å²) in [4.78, 5) is 12.3. The summed E-state index contributed by atoms with van der Waals surface area (Å²) in [5.74, 6) is -2.65. The number of hydrogen-bond donors (Lipinski definition) is 1. The molecule has 0 aromatic heterocycles. The minimum absolute atomic E-state index is 0.0187. The smallest absolute Gasteiger partial charge is 0.304 e. The summed E-state index contributed by atoms with van der Waals surface area (Å²) in [5, 5.41) is 8.65. The lowest BCUT2D eigenvalue weighted by Crippen LogP contribution is -2.32. The quantitative estimate of drug-likeness (QED) is 0.851. The van der Waals surface area contributed by atoms with Crippen molar-refractivity contribution in [3.05, 3.63) is 35.4 Å². The van der Waals surface area contributed by atoms with Gasteiger partial charge in [0.2, 0.25) is 0 Å². The lowest BCUT2D eigenvalue weighted by molar-refractivity contribution is -0.137. The fraction of sp³-hybridized carbons (Fsp3) is 0.462. The standard InChI is InChI=1S/C13H17F2NO2/c1-9(2)16(7-6-12(17)18)8-10-4-3-5-11(14)13(10)15/h3-5,9H,6-8H2,1-2H3,(H,17,18). The molecule has 1 rings (SSSR count). The van der Waals surface area contributed by atoms with Gasteiger partial charge in [0.05, 0.1) is 6.42 Å². The van der Waals surface area contributed by atoms with Gasteiger partial charge in [0, 0.05) is 24.7 Å². The second-order valence-corrected chi connectivity index (χ2v) is 4.42. The monoisotopic (exact) mass is 257 g/mol. The first-order chi connectivity index (χ1) is 8.41. The van der Waals surface area contributed by atoms with Crippen molar-refractivity contribution in [2.75, 3.05) is 6.54 Å². The largest absolute Gasteiger partial charge is 0.481 e. The molecular weight excluding hydrogens is 240 g/mol. The molecule has 0 unspecified atom stereocenters. The van der Waals surface area contributed by atoms with E-state index in [0.29, 0.717) is 6.54 Å². The van der Waals surface area contributed by atoms with Crippen molar-refractivity contribution >= 4 is 5.97 Å². The van der Waals surface area contributed by atoms with Gasteiger partial charge in [0.15, 0.2) is 11.6 Å². The minimum atomic E-state index is -0.902. The van der Waals surface area contributed by atoms with Gasteiger partial charge >= 0.3 is 5.97 Å². The highest BCUT2D eigenvalue weighted by Crippen LogP contribution is 2.15. The van der Waals surface area contributed by atoms with Crippen LogP contribution in [0.1, 0.15) is 25.8 Å². The SMILES string of the molecule is CC(C)N(CCC(=O)O)Cc1cccc(F)c1F. The number of hydrogen-bond acceptors (Lipinski definition) is 2. The average Bonchev–Trinajstić information content (AvgIpc) is 2.29. The zero-order valence-electron chi connectivity index (χ0n) is 10.5. The topological polar surface area (TPSA) is 40.5 Å². The van der Waals surface area contributed by atoms with Crippen molar-refractivity contribution in [1.29, 1.82) is 0 Å². The number of rotatable bonds is 6. The van der Waals surface area contributed by atoms with Gasteiger partial charge < -0.3 is 5.11 Å². The lowest BCUT2D eigenvalue weighted by atomic mass is 10.1. The molecule has 0 atom stereocenters. The molecule has 18 heavy (non-hydrogen) atoms. The number of aliphatic carboxylic acids is 1. The van der Waals surface area contributed by atoms with Crippen LogP contribution < -0.4 is 0 Å². The van der Waals surface area contributed by atoms with Crippen LogP contribution in [0, 0.1) is 11.6 Å². The van der Waals surface area contributed by atoms with Crippen LogP contribution in [-0.2, 0) is 11.3 Å². The molecule has 0 spiro atoms. The maximum Gasteiger partial charge on any atom is 0.304 e. The Morgan fingerprint density at radius 3 is 2.61 bits per heavy atom. The molecule has 0 amide bonds. The van der Waals surface area contributed by atoms with Crippen LogP contribution in [0.2, 0.25) is 0 Å². The fourth-order valence-electron chi connectivity index (χ4n) is 1.65. The van der Waals surface area contributed by atoms with Gasteiger partial charge in [-0.15, -0.1) is 0 Å². The van der Waals surface area contributed by atoms with Gasteiger partial charge in [-0.25, -0.2) is 8.78 Å². The van der Waals surface area contributed by atoms with Crippen LogP contribution >= 0.6 is 0 Å². The van der Waals surface area contributed by atoms with E-state index in [1.807, 2.05) is 13.8 Å². The highest BCUT2D eigenvalue weighted by Gasteiger charge is 2.15. The molecule has 3 nitrogen and oxygen atoms in total. The molecule has 5 heteroatoms. The molecule has 0 radical (unpaired) electrons. The third-order valence-corrected chi connectivity index (χ3v) is 2.75. The van der Waals surface area contributed by atoms with Crippen LogP contribution in [0.5, 0.6) is 0 Å². The molecule has 1 aromatic carbocycles. The Morgan fingerprint density at radius 1 is 1.39 bits per heavy atom. The molecular formula is C13H17F2NO2. The Kier molecular flexibility index (Phi) is 5.22. The first-order valence-electron chi connectivity index (χ1n) is 5.80. The predicted molar refractivity (Wildman–Crippen MR) is 64.2 cm³/mol. The Labute approximate surface area is 105 Å². The molecule has 100 valence electrons. The van der Waals surface area contributed by atoms with E-state index >= 15 is 0 Å². The van der Waals surface area contributed by atoms with Crippen molar-refractivity contribution in [2.24, 2.45) is 0 Å². The summed E-state index contributed by atoms with van der Waals surface area (Å²) < 4.78 is 26.6. The van der Waals surface area contributed by atoms with Gasteiger partial charge in [0.1, 0.15) is 0 Å². The third-order valence-electron chi connectivity index (χ3n) is 2.75. The molecule has 0 aliphatic heterocycles. The zero-order valence-corrected chi connectivity index (χ0v) is 10.5. The van der Waals surface area contributed by atoms with Crippen molar-refractivity contribution < 1.29 is 18.7 Å². The van der Waals surface area contributed by atoms with E-state index < -0.39 is 17.6 Å². The van der Waals surface area contributed by atoms with Gasteiger partial charge in [-0.2, -0.15) is 0 Å². The van der Waals surface area contributed by atoms with Crippen molar-refractivity contribution in [3.8, 4) is 0 Å². The normalized spacial score (nSPS) is 11.2. The second kappa shape index (κ2) is 6.44. The average molecular weight is 257 g/mol. The maximum absolute atomic E-state index is 13.5. The fourth-order valence-corrected chi connectivity index (χ4v) is 1.65. The van der Waals surface area contributed by atoms with Gasteiger partial charge in [0.25, 0.3) is 0 Å². The zero-order chi connectivity index (χ0) is 13.7. The van der Waals surface area contributed by atoms with E-state index in [-0.39, 0.29) is 24.6 Å². The van der Waals surface area contributed by atoms with E-state index in [0.717, 1.165) is 6.07 Å². The van der Waals surface area contributed by atoms with Crippen molar-refractivity contribution in [2.45, 2.75) is 32.9 Å². The first-order valence-corrected chi connectivity index (χ1v) is 5.80. The maximum atomic E-state index is 13.5. The molecule has 0 aliphatic carbocycles. The molecule has 0 bridgehead atoms. The number of carboxylic acids is 1. The molecule has 0 aliphatic rings. The van der Waals surface area contributed by atoms with E-state index in [4.69, 9.17) is 5.11 Å². The number of carbonyl (C=O) groups is 1. The molecule has 0 saturated carbocycles. The molecule has 0 fully saturated rings. The summed E-state index contributed by atoms with van der Waals surface area (Å²) in [6.45, 7) is 4.29. The summed E-state index contributed by atoms with van der Waals surface area (Å²) in [6.07, 6.45) is -0.0187. The van der Waals surface area contributed by atoms with E-state index in [1.54, 1.807) is 4.90 Å². The van der Waals surface area contributed by atoms with E-state index in [2.05, 4.69) is 0 Å². The first kappa shape index (κ1) is 14.6. The van der Waals surface area contributed by atoms with Gasteiger partial charge in [-0.05, 0) is 19.9 Å². The molecule has 0 heterocycles. The molecule has 1 N–H and O–H groups in total. The number of halogens is 2. The summed E-state index contributed by atoms with van der Waals surface area (Å²) in [5.41, 5.74) is 0.245. The Morgan fingerprint density at radius 2 is 2.06 bits per heavy atom. The van der Waals surface area contributed by atoms with Gasteiger partial charge in [-0.1, -0.05) is 12.1 Å². The van der Waals surface area contributed by atoms with E-state index in [1.165, 1.54) is 12.1 Å². The Hall–Kier alpha value is -1.49. The number of benzene rings is 1. The van der Waals surface area contributed by atoms with Crippen LogP contribution in [0.25, 0.3) is 0 Å². The second-order valence-electron chi connectivity index (χ2n) is 4.42. The number of nitrogens with zero attached hydrogens (tertiary/aromatic N) is 1. The predicted octanol–water partition coefficient (Wildman–Crippen LogP) is 2.65. The summed E-state index contributed by atoms with van der Waals surface area (Å²) in [6, 6.07) is 4.08. The van der Waals surface area contributed by atoms with Crippen LogP contribution in [-0.4, -0.2) is 28.6 Å².